The van der Waals surface area contributed by atoms with Crippen LogP contribution < -0.4 is 5.73 Å². The minimum atomic E-state index is -3.16. The van der Waals surface area contributed by atoms with E-state index in [0.29, 0.717) is 11.9 Å². The van der Waals surface area contributed by atoms with Crippen LogP contribution in [-0.4, -0.2) is 42.3 Å². The van der Waals surface area contributed by atoms with Crippen molar-refractivity contribution in [1.29, 1.82) is 0 Å². The van der Waals surface area contributed by atoms with Crippen molar-refractivity contribution >= 4 is 58.9 Å². The summed E-state index contributed by atoms with van der Waals surface area (Å²) in [6, 6.07) is 0. The summed E-state index contributed by atoms with van der Waals surface area (Å²) in [6.45, 7) is 0.687. The second kappa shape index (κ2) is 7.58. The lowest BCUT2D eigenvalue weighted by Crippen LogP contribution is -2.41. The van der Waals surface area contributed by atoms with Gasteiger partial charge in [0.1, 0.15) is 0 Å². The molecule has 0 aromatic heterocycles. The van der Waals surface area contributed by atoms with E-state index in [1.165, 1.54) is 10.6 Å². The monoisotopic (exact) mass is 402 g/mol. The molecule has 0 aromatic rings. The summed E-state index contributed by atoms with van der Waals surface area (Å²) in [6.07, 6.45) is 1.17. The van der Waals surface area contributed by atoms with E-state index in [1.54, 1.807) is 0 Å². The molecule has 0 aliphatic rings. The number of alkyl halides is 2. The van der Waals surface area contributed by atoms with Crippen LogP contribution in [0.15, 0.2) is 0 Å². The van der Waals surface area contributed by atoms with Crippen LogP contribution in [0.1, 0.15) is 0 Å². The van der Waals surface area contributed by atoms with Gasteiger partial charge in [-0.1, -0.05) is 31.9 Å². The first-order valence-electron chi connectivity index (χ1n) is 3.30. The molecule has 0 amide bonds. The van der Waals surface area contributed by atoms with Gasteiger partial charge < -0.3 is 5.73 Å². The number of halogens is 3. The molecule has 0 saturated carbocycles. The van der Waals surface area contributed by atoms with Gasteiger partial charge in [-0.3, -0.25) is 0 Å². The van der Waals surface area contributed by atoms with Gasteiger partial charge in [0.05, 0.1) is 11.2 Å². The second-order valence-corrected chi connectivity index (χ2v) is 6.02. The highest BCUT2D eigenvalue weighted by molar-refractivity contribution is 9.09. The summed E-state index contributed by atoms with van der Waals surface area (Å²) in [5.41, 5.74) is 5.33. The Labute approximate surface area is 106 Å². The van der Waals surface area contributed by atoms with Crippen LogP contribution in [-0.2, 0) is 10.0 Å². The molecular weight excluding hydrogens is 392 g/mol. The first-order chi connectivity index (χ1) is 5.43. The molecule has 13 heavy (non-hydrogen) atoms. The number of hydrogen-bond acceptors (Lipinski definition) is 3. The third kappa shape index (κ3) is 6.40. The maximum atomic E-state index is 11.1. The first-order valence-corrected chi connectivity index (χ1v) is 7.19. The summed E-state index contributed by atoms with van der Waals surface area (Å²) in [5, 5.41) is 0.599. The molecule has 8 heteroatoms. The van der Waals surface area contributed by atoms with Crippen LogP contribution in [0.2, 0.25) is 0 Å². The van der Waals surface area contributed by atoms with E-state index in [-0.39, 0.29) is 28.5 Å². The van der Waals surface area contributed by atoms with E-state index in [2.05, 4.69) is 31.9 Å². The zero-order valence-corrected chi connectivity index (χ0v) is 12.8. The molecule has 4 nitrogen and oxygen atoms in total. The zero-order chi connectivity index (χ0) is 9.78. The van der Waals surface area contributed by atoms with E-state index >= 15 is 0 Å². The second-order valence-electron chi connectivity index (χ2n) is 2.23. The number of rotatable bonds is 5. The Hall–Kier alpha value is 1.31. The lowest BCUT2D eigenvalue weighted by molar-refractivity contribution is 0.424. The van der Waals surface area contributed by atoms with E-state index < -0.39 is 10.0 Å². The van der Waals surface area contributed by atoms with Gasteiger partial charge in [0.25, 0.3) is 0 Å². The third-order valence-corrected chi connectivity index (χ3v) is 4.02. The van der Waals surface area contributed by atoms with Crippen molar-refractivity contribution in [2.24, 2.45) is 5.73 Å². The van der Waals surface area contributed by atoms with Crippen molar-refractivity contribution in [1.82, 2.24) is 4.31 Å². The van der Waals surface area contributed by atoms with Crippen LogP contribution in [0.3, 0.4) is 0 Å². The van der Waals surface area contributed by atoms with Crippen LogP contribution in [0.25, 0.3) is 0 Å². The van der Waals surface area contributed by atoms with Crippen molar-refractivity contribution in [2.75, 3.05) is 24.7 Å². The SMILES string of the molecule is Br.CS(=O)(=O)N(CCBr)C(Br)CN. The van der Waals surface area contributed by atoms with Crippen molar-refractivity contribution in [3.63, 3.8) is 0 Å². The molecule has 1 atom stereocenters. The lowest BCUT2D eigenvalue weighted by Gasteiger charge is -2.23. The molecule has 0 bridgehead atoms. The largest absolute Gasteiger partial charge is 0.328 e. The predicted octanol–water partition coefficient (Wildman–Crippen LogP) is 0.901. The summed E-state index contributed by atoms with van der Waals surface area (Å²) in [4.78, 5) is -0.315. The van der Waals surface area contributed by atoms with Gasteiger partial charge in [-0.2, -0.15) is 4.31 Å². The maximum absolute atomic E-state index is 11.1. The molecule has 0 aromatic carbocycles. The maximum Gasteiger partial charge on any atom is 0.212 e. The van der Waals surface area contributed by atoms with Gasteiger partial charge in [0.15, 0.2) is 0 Å². The zero-order valence-electron chi connectivity index (χ0n) is 7.11. The fourth-order valence-corrected chi connectivity index (χ4v) is 3.37. The molecule has 0 spiro atoms. The number of sulfonamides is 1. The summed E-state index contributed by atoms with van der Waals surface area (Å²) >= 11 is 6.35. The van der Waals surface area contributed by atoms with E-state index in [0.717, 1.165) is 0 Å². The third-order valence-electron chi connectivity index (χ3n) is 1.24. The Morgan fingerprint density at radius 1 is 1.54 bits per heavy atom. The van der Waals surface area contributed by atoms with Gasteiger partial charge in [-0.25, -0.2) is 8.42 Å². The molecule has 0 saturated heterocycles. The van der Waals surface area contributed by atoms with Gasteiger partial charge in [-0.05, 0) is 0 Å². The Kier molecular flexibility index (Phi) is 9.76. The summed E-state index contributed by atoms with van der Waals surface area (Å²) in [7, 11) is -3.16. The van der Waals surface area contributed by atoms with Gasteiger partial charge in [0.2, 0.25) is 10.0 Å². The van der Waals surface area contributed by atoms with Crippen molar-refractivity contribution in [3.05, 3.63) is 0 Å². The van der Waals surface area contributed by atoms with Crippen molar-refractivity contribution < 1.29 is 8.42 Å². The molecule has 0 aliphatic heterocycles. The fourth-order valence-electron chi connectivity index (χ4n) is 0.715. The standard InChI is InChI=1S/C5H12Br2N2O2S.BrH/c1-12(10,11)9(3-2-6)5(7)4-8;/h5H,2-4,8H2,1H3;1H. The lowest BCUT2D eigenvalue weighted by atomic mass is 10.6. The van der Waals surface area contributed by atoms with Gasteiger partial charge >= 0.3 is 0 Å². The highest BCUT2D eigenvalue weighted by Gasteiger charge is 2.22. The number of nitrogens with zero attached hydrogens (tertiary/aromatic N) is 1. The molecular formula is C5H13Br3N2O2S. The van der Waals surface area contributed by atoms with Gasteiger partial charge in [-0.15, -0.1) is 17.0 Å². The van der Waals surface area contributed by atoms with Gasteiger partial charge in [0, 0.05) is 18.4 Å². The predicted molar refractivity (Wildman–Crippen MR) is 67.4 cm³/mol. The molecule has 0 fully saturated rings. The minimum absolute atomic E-state index is 0. The smallest absolute Gasteiger partial charge is 0.212 e. The Morgan fingerprint density at radius 2 is 2.00 bits per heavy atom. The van der Waals surface area contributed by atoms with Crippen molar-refractivity contribution in [2.45, 2.75) is 4.95 Å². The molecule has 0 aliphatic carbocycles. The Morgan fingerprint density at radius 3 is 2.23 bits per heavy atom. The van der Waals surface area contributed by atoms with Crippen molar-refractivity contribution in [3.8, 4) is 0 Å². The molecule has 0 heterocycles. The first kappa shape index (κ1) is 16.7. The van der Waals surface area contributed by atoms with Crippen LogP contribution in [0.4, 0.5) is 0 Å². The highest BCUT2D eigenvalue weighted by Crippen LogP contribution is 2.10. The molecule has 1 unspecified atom stereocenters. The summed E-state index contributed by atoms with van der Waals surface area (Å²) in [5.74, 6) is 0. The van der Waals surface area contributed by atoms with Crippen LogP contribution in [0.5, 0.6) is 0 Å². The van der Waals surface area contributed by atoms with E-state index in [4.69, 9.17) is 5.73 Å². The highest BCUT2D eigenvalue weighted by atomic mass is 79.9. The Bertz CT molecular complexity index is 222. The average molecular weight is 405 g/mol. The normalized spacial score (nSPS) is 13.9. The Balaban J connectivity index is 0. The molecule has 0 radical (unpaired) electrons. The van der Waals surface area contributed by atoms with E-state index in [1.807, 2.05) is 0 Å². The molecule has 82 valence electrons. The van der Waals surface area contributed by atoms with Crippen LogP contribution in [0, 0.1) is 0 Å². The van der Waals surface area contributed by atoms with E-state index in [9.17, 15) is 8.42 Å². The quantitative estimate of drug-likeness (QED) is 0.547. The topological polar surface area (TPSA) is 63.4 Å². The molecule has 2 N–H and O–H groups in total. The summed E-state index contributed by atoms with van der Waals surface area (Å²) < 4.78 is 23.6. The minimum Gasteiger partial charge on any atom is -0.328 e. The fraction of sp³-hybridized carbons (Fsp3) is 1.00. The average Bonchev–Trinajstić information content (AvgIpc) is 1.96. The number of hydrogen-bond donors (Lipinski definition) is 1. The molecule has 0 rings (SSSR count). The van der Waals surface area contributed by atoms with Crippen LogP contribution >= 0.6 is 48.8 Å². The number of nitrogens with two attached hydrogens (primary N) is 1.